The van der Waals surface area contributed by atoms with E-state index in [0.717, 1.165) is 29.2 Å². The van der Waals surface area contributed by atoms with E-state index in [-0.39, 0.29) is 0 Å². The number of aromatic nitrogens is 1. The summed E-state index contributed by atoms with van der Waals surface area (Å²) in [5.41, 5.74) is 1.94. The summed E-state index contributed by atoms with van der Waals surface area (Å²) in [5.74, 6) is 2.41. The van der Waals surface area contributed by atoms with Crippen LogP contribution in [0.2, 0.25) is 0 Å². The summed E-state index contributed by atoms with van der Waals surface area (Å²) in [6, 6.07) is 18.0. The van der Waals surface area contributed by atoms with Crippen LogP contribution in [-0.4, -0.2) is 11.6 Å². The highest BCUT2D eigenvalue weighted by atomic mass is 127. The van der Waals surface area contributed by atoms with Crippen molar-refractivity contribution in [3.05, 3.63) is 69.6 Å². The molecule has 0 aliphatic rings. The molecule has 0 unspecified atom stereocenters. The molecule has 0 saturated carbocycles. The molecule has 0 fully saturated rings. The number of nitrogens with zero attached hydrogens (tertiary/aromatic N) is 1. The van der Waals surface area contributed by atoms with Gasteiger partial charge in [-0.3, -0.25) is 0 Å². The Bertz CT molecular complexity index is 753. The summed E-state index contributed by atoms with van der Waals surface area (Å²) in [5, 5.41) is 0. The Labute approximate surface area is 143 Å². The smallest absolute Gasteiger partial charge is 0.226 e. The summed E-state index contributed by atoms with van der Waals surface area (Å²) >= 11 is 2.28. The SMILES string of the molecule is Cc1oc(-c2ccccc2)nc1CCOc1cccc(I)c1. The third kappa shape index (κ3) is 3.68. The fraction of sp³-hybridized carbons (Fsp3) is 0.167. The highest BCUT2D eigenvalue weighted by Gasteiger charge is 2.11. The second-order valence-electron chi connectivity index (χ2n) is 4.94. The van der Waals surface area contributed by atoms with E-state index >= 15 is 0 Å². The normalized spacial score (nSPS) is 10.6. The van der Waals surface area contributed by atoms with Gasteiger partial charge in [-0.25, -0.2) is 4.98 Å². The zero-order valence-electron chi connectivity index (χ0n) is 12.3. The maximum atomic E-state index is 5.77. The van der Waals surface area contributed by atoms with Crippen molar-refractivity contribution in [1.29, 1.82) is 0 Å². The molecule has 0 spiro atoms. The summed E-state index contributed by atoms with van der Waals surface area (Å²) in [6.45, 7) is 2.53. The van der Waals surface area contributed by atoms with Crippen molar-refractivity contribution < 1.29 is 9.15 Å². The van der Waals surface area contributed by atoms with Gasteiger partial charge >= 0.3 is 0 Å². The van der Waals surface area contributed by atoms with Crippen LogP contribution in [0.25, 0.3) is 11.5 Å². The van der Waals surface area contributed by atoms with Crippen LogP contribution >= 0.6 is 22.6 Å². The lowest BCUT2D eigenvalue weighted by molar-refractivity contribution is 0.319. The topological polar surface area (TPSA) is 35.3 Å². The maximum Gasteiger partial charge on any atom is 0.226 e. The van der Waals surface area contributed by atoms with Gasteiger partial charge in [0.2, 0.25) is 5.89 Å². The van der Waals surface area contributed by atoms with Crippen LogP contribution in [0, 0.1) is 10.5 Å². The number of oxazole rings is 1. The zero-order valence-corrected chi connectivity index (χ0v) is 14.4. The van der Waals surface area contributed by atoms with Gasteiger partial charge in [0.15, 0.2) is 0 Å². The van der Waals surface area contributed by atoms with Crippen molar-refractivity contribution in [3.63, 3.8) is 0 Å². The Morgan fingerprint density at radius 3 is 2.68 bits per heavy atom. The van der Waals surface area contributed by atoms with Crippen LogP contribution in [0.3, 0.4) is 0 Å². The average Bonchev–Trinajstić information content (AvgIpc) is 2.90. The van der Waals surface area contributed by atoms with E-state index in [4.69, 9.17) is 9.15 Å². The van der Waals surface area contributed by atoms with Gasteiger partial charge < -0.3 is 9.15 Å². The van der Waals surface area contributed by atoms with E-state index in [2.05, 4.69) is 27.6 Å². The van der Waals surface area contributed by atoms with Crippen LogP contribution in [0.15, 0.2) is 59.0 Å². The number of hydrogen-bond acceptors (Lipinski definition) is 3. The fourth-order valence-electron chi connectivity index (χ4n) is 2.19. The van der Waals surface area contributed by atoms with Crippen molar-refractivity contribution in [2.75, 3.05) is 6.61 Å². The van der Waals surface area contributed by atoms with Gasteiger partial charge in [-0.05, 0) is 59.8 Å². The molecule has 0 saturated heterocycles. The Hall–Kier alpha value is -1.82. The predicted molar refractivity (Wildman–Crippen MR) is 95.0 cm³/mol. The summed E-state index contributed by atoms with van der Waals surface area (Å²) in [7, 11) is 0. The van der Waals surface area contributed by atoms with Crippen molar-refractivity contribution in [2.24, 2.45) is 0 Å². The molecular formula is C18H16INO2. The fourth-order valence-corrected chi connectivity index (χ4v) is 2.70. The summed E-state index contributed by atoms with van der Waals surface area (Å²) in [4.78, 5) is 4.58. The molecule has 22 heavy (non-hydrogen) atoms. The zero-order chi connectivity index (χ0) is 15.4. The quantitative estimate of drug-likeness (QED) is 0.568. The van der Waals surface area contributed by atoms with Crippen LogP contribution < -0.4 is 4.74 Å². The number of halogens is 1. The molecule has 2 aromatic carbocycles. The largest absolute Gasteiger partial charge is 0.493 e. The van der Waals surface area contributed by atoms with E-state index in [1.54, 1.807) is 0 Å². The minimum absolute atomic E-state index is 0.585. The van der Waals surface area contributed by atoms with Crippen LogP contribution in [0.4, 0.5) is 0 Å². The number of hydrogen-bond donors (Lipinski definition) is 0. The van der Waals surface area contributed by atoms with E-state index in [9.17, 15) is 0 Å². The second-order valence-corrected chi connectivity index (χ2v) is 6.19. The maximum absolute atomic E-state index is 5.77. The molecule has 0 radical (unpaired) electrons. The van der Waals surface area contributed by atoms with Gasteiger partial charge in [-0.2, -0.15) is 0 Å². The molecule has 1 heterocycles. The van der Waals surface area contributed by atoms with E-state index in [1.165, 1.54) is 3.57 Å². The molecular weight excluding hydrogens is 389 g/mol. The molecule has 3 aromatic rings. The minimum atomic E-state index is 0.585. The number of benzene rings is 2. The second kappa shape index (κ2) is 6.96. The molecule has 0 aliphatic carbocycles. The third-order valence-electron chi connectivity index (χ3n) is 3.32. The third-order valence-corrected chi connectivity index (χ3v) is 3.99. The molecule has 4 heteroatoms. The molecule has 3 nitrogen and oxygen atoms in total. The van der Waals surface area contributed by atoms with Gasteiger partial charge in [0.1, 0.15) is 11.5 Å². The molecule has 0 N–H and O–H groups in total. The highest BCUT2D eigenvalue weighted by Crippen LogP contribution is 2.22. The van der Waals surface area contributed by atoms with Crippen LogP contribution in [0.5, 0.6) is 5.75 Å². The van der Waals surface area contributed by atoms with Crippen molar-refractivity contribution >= 4 is 22.6 Å². The summed E-state index contributed by atoms with van der Waals surface area (Å²) in [6.07, 6.45) is 0.730. The minimum Gasteiger partial charge on any atom is -0.493 e. The Balaban J connectivity index is 1.65. The lowest BCUT2D eigenvalue weighted by atomic mass is 10.2. The predicted octanol–water partition coefficient (Wildman–Crippen LogP) is 4.88. The molecule has 0 amide bonds. The first-order valence-electron chi connectivity index (χ1n) is 7.12. The number of rotatable bonds is 5. The summed E-state index contributed by atoms with van der Waals surface area (Å²) < 4.78 is 12.7. The average molecular weight is 405 g/mol. The molecule has 112 valence electrons. The first kappa shape index (κ1) is 15.1. The monoisotopic (exact) mass is 405 g/mol. The van der Waals surface area contributed by atoms with E-state index in [1.807, 2.05) is 61.5 Å². The van der Waals surface area contributed by atoms with Crippen LogP contribution in [0.1, 0.15) is 11.5 Å². The first-order chi connectivity index (χ1) is 10.7. The van der Waals surface area contributed by atoms with Crippen LogP contribution in [-0.2, 0) is 6.42 Å². The number of aryl methyl sites for hydroxylation is 1. The molecule has 0 bridgehead atoms. The molecule has 1 aromatic heterocycles. The van der Waals surface area contributed by atoms with Gasteiger partial charge in [0.25, 0.3) is 0 Å². The van der Waals surface area contributed by atoms with E-state index < -0.39 is 0 Å². The van der Waals surface area contributed by atoms with Crippen molar-refractivity contribution in [1.82, 2.24) is 4.98 Å². The van der Waals surface area contributed by atoms with Gasteiger partial charge in [-0.1, -0.05) is 24.3 Å². The Morgan fingerprint density at radius 1 is 1.09 bits per heavy atom. The molecule has 0 aliphatic heterocycles. The van der Waals surface area contributed by atoms with E-state index in [0.29, 0.717) is 12.5 Å². The molecule has 3 rings (SSSR count). The lowest BCUT2D eigenvalue weighted by Gasteiger charge is -2.05. The molecule has 0 atom stereocenters. The lowest BCUT2D eigenvalue weighted by Crippen LogP contribution is -2.02. The van der Waals surface area contributed by atoms with Gasteiger partial charge in [0, 0.05) is 15.6 Å². The Morgan fingerprint density at radius 2 is 1.91 bits per heavy atom. The van der Waals surface area contributed by atoms with Gasteiger partial charge in [-0.15, -0.1) is 0 Å². The van der Waals surface area contributed by atoms with Crippen molar-refractivity contribution in [2.45, 2.75) is 13.3 Å². The highest BCUT2D eigenvalue weighted by molar-refractivity contribution is 14.1. The Kier molecular flexibility index (Phi) is 4.77. The number of ether oxygens (including phenoxy) is 1. The van der Waals surface area contributed by atoms with Gasteiger partial charge in [0.05, 0.1) is 12.3 Å². The first-order valence-corrected chi connectivity index (χ1v) is 8.20. The standard InChI is InChI=1S/C18H16INO2/c1-13-17(10-11-21-16-9-5-8-15(19)12-16)20-18(22-13)14-6-3-2-4-7-14/h2-9,12H,10-11H2,1H3. The van der Waals surface area contributed by atoms with Crippen molar-refractivity contribution in [3.8, 4) is 17.2 Å².